The molecule has 1 aromatic rings. The molecular weight excluding hydrogens is 328 g/mol. The third-order valence-electron chi connectivity index (χ3n) is 4.29. The third kappa shape index (κ3) is 5.03. The smallest absolute Gasteiger partial charge is 0.251 e. The Bertz CT molecular complexity index is 662. The average Bonchev–Trinajstić information content (AvgIpc) is 3.06. The van der Waals surface area contributed by atoms with Gasteiger partial charge in [-0.15, -0.1) is 0 Å². The van der Waals surface area contributed by atoms with Crippen molar-refractivity contribution in [1.29, 1.82) is 0 Å². The van der Waals surface area contributed by atoms with E-state index in [2.05, 4.69) is 10.0 Å². The van der Waals surface area contributed by atoms with Crippen LogP contribution in [-0.2, 0) is 14.8 Å². The van der Waals surface area contributed by atoms with Gasteiger partial charge < -0.3 is 10.1 Å². The first-order chi connectivity index (χ1) is 11.2. The van der Waals surface area contributed by atoms with Gasteiger partial charge in [-0.1, -0.05) is 6.92 Å². The topological polar surface area (TPSA) is 84.5 Å². The van der Waals surface area contributed by atoms with Crippen molar-refractivity contribution in [3.05, 3.63) is 29.8 Å². The van der Waals surface area contributed by atoms with Gasteiger partial charge in [0.05, 0.1) is 11.0 Å². The van der Waals surface area contributed by atoms with Gasteiger partial charge in [0.2, 0.25) is 10.0 Å². The molecule has 1 fully saturated rings. The molecule has 0 bridgehead atoms. The van der Waals surface area contributed by atoms with Crippen LogP contribution in [0.4, 0.5) is 0 Å². The van der Waals surface area contributed by atoms with E-state index in [4.69, 9.17) is 4.74 Å². The molecule has 24 heavy (non-hydrogen) atoms. The van der Waals surface area contributed by atoms with Crippen molar-refractivity contribution in [2.75, 3.05) is 13.2 Å². The zero-order chi connectivity index (χ0) is 17.8. The van der Waals surface area contributed by atoms with Crippen LogP contribution in [0.25, 0.3) is 0 Å². The quantitative estimate of drug-likeness (QED) is 0.785. The van der Waals surface area contributed by atoms with E-state index in [1.807, 2.05) is 20.8 Å². The number of nitrogens with one attached hydrogen (secondary N) is 2. The molecule has 0 spiro atoms. The number of benzene rings is 1. The van der Waals surface area contributed by atoms with Crippen LogP contribution in [0.2, 0.25) is 0 Å². The molecule has 0 aliphatic carbocycles. The maximum atomic E-state index is 12.3. The lowest BCUT2D eigenvalue weighted by Crippen LogP contribution is -2.42. The van der Waals surface area contributed by atoms with Gasteiger partial charge in [0, 0.05) is 24.3 Å². The standard InChI is InChI=1S/C17H26N2O4S/c1-4-17(2,3)19-16(20)13-7-9-15(10-8-13)24(21,22)18-12-14-6-5-11-23-14/h7-10,14,18H,4-6,11-12H2,1-3H3,(H,19,20)/t14-/m1/s1. The Morgan fingerprint density at radius 1 is 1.29 bits per heavy atom. The van der Waals surface area contributed by atoms with Crippen LogP contribution in [0.3, 0.4) is 0 Å². The maximum absolute atomic E-state index is 12.3. The van der Waals surface area contributed by atoms with Gasteiger partial charge in [0.25, 0.3) is 5.91 Å². The molecule has 1 aliphatic rings. The second-order valence-corrected chi connectivity index (χ2v) is 8.47. The van der Waals surface area contributed by atoms with E-state index in [-0.39, 0.29) is 29.0 Å². The van der Waals surface area contributed by atoms with Crippen molar-refractivity contribution in [2.45, 2.75) is 56.6 Å². The minimum absolute atomic E-state index is 0.0545. The first-order valence-electron chi connectivity index (χ1n) is 8.27. The summed E-state index contributed by atoms with van der Waals surface area (Å²) in [5, 5.41) is 2.92. The Labute approximate surface area is 144 Å². The van der Waals surface area contributed by atoms with E-state index in [9.17, 15) is 13.2 Å². The van der Waals surface area contributed by atoms with Crippen molar-refractivity contribution in [3.63, 3.8) is 0 Å². The zero-order valence-corrected chi connectivity index (χ0v) is 15.3. The van der Waals surface area contributed by atoms with E-state index >= 15 is 0 Å². The molecule has 1 atom stereocenters. The highest BCUT2D eigenvalue weighted by Crippen LogP contribution is 2.15. The lowest BCUT2D eigenvalue weighted by molar-refractivity contribution is 0.0911. The van der Waals surface area contributed by atoms with Gasteiger partial charge >= 0.3 is 0 Å². The van der Waals surface area contributed by atoms with E-state index in [1.54, 1.807) is 0 Å². The number of sulfonamides is 1. The molecule has 0 unspecified atom stereocenters. The van der Waals surface area contributed by atoms with Crippen molar-refractivity contribution in [3.8, 4) is 0 Å². The summed E-state index contributed by atoms with van der Waals surface area (Å²) in [6.07, 6.45) is 2.58. The first-order valence-corrected chi connectivity index (χ1v) is 9.76. The highest BCUT2D eigenvalue weighted by molar-refractivity contribution is 7.89. The van der Waals surface area contributed by atoms with E-state index in [0.29, 0.717) is 12.2 Å². The highest BCUT2D eigenvalue weighted by atomic mass is 32.2. The van der Waals surface area contributed by atoms with Crippen LogP contribution in [0.15, 0.2) is 29.2 Å². The van der Waals surface area contributed by atoms with Crippen LogP contribution in [0, 0.1) is 0 Å². The fourth-order valence-electron chi connectivity index (χ4n) is 2.34. The molecule has 1 aromatic carbocycles. The monoisotopic (exact) mass is 354 g/mol. The number of carbonyl (C=O) groups excluding carboxylic acids is 1. The Morgan fingerprint density at radius 2 is 1.96 bits per heavy atom. The van der Waals surface area contributed by atoms with Crippen LogP contribution < -0.4 is 10.0 Å². The summed E-state index contributed by atoms with van der Waals surface area (Å²) < 4.78 is 32.5. The fraction of sp³-hybridized carbons (Fsp3) is 0.588. The first kappa shape index (κ1) is 18.9. The fourth-order valence-corrected chi connectivity index (χ4v) is 3.41. The highest BCUT2D eigenvalue weighted by Gasteiger charge is 2.22. The van der Waals surface area contributed by atoms with Crippen LogP contribution >= 0.6 is 0 Å². The van der Waals surface area contributed by atoms with Crippen molar-refractivity contribution in [1.82, 2.24) is 10.0 Å². The molecule has 2 rings (SSSR count). The summed E-state index contributed by atoms with van der Waals surface area (Å²) in [7, 11) is -3.59. The molecule has 2 N–H and O–H groups in total. The predicted octanol–water partition coefficient (Wildman–Crippen LogP) is 2.06. The summed E-state index contributed by atoms with van der Waals surface area (Å²) in [6, 6.07) is 5.96. The van der Waals surface area contributed by atoms with Gasteiger partial charge in [-0.05, 0) is 57.4 Å². The largest absolute Gasteiger partial charge is 0.377 e. The van der Waals surface area contributed by atoms with Crippen molar-refractivity contribution >= 4 is 15.9 Å². The second-order valence-electron chi connectivity index (χ2n) is 6.70. The van der Waals surface area contributed by atoms with E-state index < -0.39 is 10.0 Å². The van der Waals surface area contributed by atoms with Gasteiger partial charge in [-0.3, -0.25) is 4.79 Å². The third-order valence-corrected chi connectivity index (χ3v) is 5.73. The number of hydrogen-bond donors (Lipinski definition) is 2. The molecule has 1 aliphatic heterocycles. The van der Waals surface area contributed by atoms with Crippen molar-refractivity contribution < 1.29 is 17.9 Å². The number of ether oxygens (including phenoxy) is 1. The van der Waals surface area contributed by atoms with E-state index in [0.717, 1.165) is 19.3 Å². The van der Waals surface area contributed by atoms with Crippen LogP contribution in [0.1, 0.15) is 50.4 Å². The summed E-state index contributed by atoms with van der Waals surface area (Å²) >= 11 is 0. The number of amides is 1. The SMILES string of the molecule is CCC(C)(C)NC(=O)c1ccc(S(=O)(=O)NC[C@H]2CCCO2)cc1. The lowest BCUT2D eigenvalue weighted by Gasteiger charge is -2.24. The maximum Gasteiger partial charge on any atom is 0.251 e. The summed E-state index contributed by atoms with van der Waals surface area (Å²) in [5.41, 5.74) is 0.139. The molecule has 1 saturated heterocycles. The van der Waals surface area contributed by atoms with Gasteiger partial charge in [-0.25, -0.2) is 13.1 Å². The summed E-state index contributed by atoms with van der Waals surface area (Å²) in [4.78, 5) is 12.3. The zero-order valence-electron chi connectivity index (χ0n) is 14.5. The van der Waals surface area contributed by atoms with E-state index in [1.165, 1.54) is 24.3 Å². The van der Waals surface area contributed by atoms with Crippen LogP contribution in [-0.4, -0.2) is 39.1 Å². The Morgan fingerprint density at radius 3 is 2.50 bits per heavy atom. The van der Waals surface area contributed by atoms with Gasteiger partial charge in [0.15, 0.2) is 0 Å². The molecule has 134 valence electrons. The summed E-state index contributed by atoms with van der Waals surface area (Å²) in [5.74, 6) is -0.210. The molecular formula is C17H26N2O4S. The Balaban J connectivity index is 2.00. The molecule has 1 heterocycles. The molecule has 1 amide bonds. The minimum Gasteiger partial charge on any atom is -0.377 e. The number of carbonyl (C=O) groups is 1. The van der Waals surface area contributed by atoms with Crippen molar-refractivity contribution in [2.24, 2.45) is 0 Å². The van der Waals surface area contributed by atoms with Gasteiger partial charge in [-0.2, -0.15) is 0 Å². The summed E-state index contributed by atoms with van der Waals surface area (Å²) in [6.45, 7) is 6.84. The number of hydrogen-bond acceptors (Lipinski definition) is 4. The van der Waals surface area contributed by atoms with Crippen LogP contribution in [0.5, 0.6) is 0 Å². The lowest BCUT2D eigenvalue weighted by atomic mass is 10.0. The van der Waals surface area contributed by atoms with Gasteiger partial charge in [0.1, 0.15) is 0 Å². The Kier molecular flexibility index (Phi) is 6.01. The normalized spacial score (nSPS) is 18.5. The molecule has 6 nitrogen and oxygen atoms in total. The molecule has 0 saturated carbocycles. The molecule has 0 radical (unpaired) electrons. The molecule has 0 aromatic heterocycles. The predicted molar refractivity (Wildman–Crippen MR) is 92.4 cm³/mol. The second kappa shape index (κ2) is 7.63. The molecule has 7 heteroatoms. The number of rotatable bonds is 7. The Hall–Kier alpha value is -1.44. The minimum atomic E-state index is -3.59. The average molecular weight is 354 g/mol.